The third kappa shape index (κ3) is 11.5. The van der Waals surface area contributed by atoms with E-state index in [9.17, 15) is 0 Å². The fourth-order valence-electron chi connectivity index (χ4n) is 2.90. The van der Waals surface area contributed by atoms with Crippen LogP contribution in [0.1, 0.15) is 97.8 Å². The van der Waals surface area contributed by atoms with Gasteiger partial charge in [0.1, 0.15) is 6.61 Å². The maximum Gasteiger partial charge on any atom is 0.183 e. The molecule has 2 heteroatoms. The molecule has 0 aromatic heterocycles. The van der Waals surface area contributed by atoms with Crippen LogP contribution in [0.3, 0.4) is 0 Å². The number of nitrogens with zero attached hydrogens (tertiary/aromatic N) is 1. The number of hydrogen-bond donors (Lipinski definition) is 0. The first-order valence-corrected chi connectivity index (χ1v) is 10.2. The number of allylic oxidation sites excluding steroid dienone is 4. The smallest absolute Gasteiger partial charge is 0.183 e. The summed E-state index contributed by atoms with van der Waals surface area (Å²) in [4.78, 5) is 4.60. The normalized spacial score (nSPS) is 16.9. The summed E-state index contributed by atoms with van der Waals surface area (Å²) in [5, 5.41) is 0. The van der Waals surface area contributed by atoms with Crippen LogP contribution in [0, 0.1) is 0 Å². The SMILES string of the molecule is CCCCCC/C=C/C=C/CCCCCCCC1=NC(C)(C)CO1. The predicted octanol–water partition coefficient (Wildman–Crippen LogP) is 7.01. The van der Waals surface area contributed by atoms with Crippen molar-refractivity contribution in [2.45, 2.75) is 103 Å². The van der Waals surface area contributed by atoms with E-state index in [1.165, 1.54) is 70.6 Å². The zero-order valence-corrected chi connectivity index (χ0v) is 16.4. The van der Waals surface area contributed by atoms with Crippen molar-refractivity contribution in [1.82, 2.24) is 0 Å². The second-order valence-corrected chi connectivity index (χ2v) is 7.62. The quantitative estimate of drug-likeness (QED) is 0.247. The highest BCUT2D eigenvalue weighted by Gasteiger charge is 2.25. The lowest BCUT2D eigenvalue weighted by Crippen LogP contribution is -2.17. The van der Waals surface area contributed by atoms with E-state index in [0.29, 0.717) is 0 Å². The predicted molar refractivity (Wildman–Crippen MR) is 107 cm³/mol. The molecule has 0 aliphatic carbocycles. The van der Waals surface area contributed by atoms with E-state index in [0.717, 1.165) is 18.9 Å². The molecule has 138 valence electrons. The van der Waals surface area contributed by atoms with Crippen molar-refractivity contribution in [2.24, 2.45) is 4.99 Å². The summed E-state index contributed by atoms with van der Waals surface area (Å²) in [5.41, 5.74) is 0.00558. The first kappa shape index (κ1) is 21.0. The lowest BCUT2D eigenvalue weighted by molar-refractivity contribution is 0.273. The van der Waals surface area contributed by atoms with Crippen molar-refractivity contribution in [3.8, 4) is 0 Å². The van der Waals surface area contributed by atoms with E-state index >= 15 is 0 Å². The van der Waals surface area contributed by atoms with Crippen molar-refractivity contribution >= 4 is 5.90 Å². The highest BCUT2D eigenvalue weighted by molar-refractivity contribution is 5.78. The van der Waals surface area contributed by atoms with Crippen LogP contribution in [0.15, 0.2) is 29.3 Å². The number of unbranched alkanes of at least 4 members (excludes halogenated alkanes) is 9. The molecule has 2 nitrogen and oxygen atoms in total. The molecule has 0 N–H and O–H groups in total. The van der Waals surface area contributed by atoms with Crippen molar-refractivity contribution in [2.75, 3.05) is 6.61 Å². The van der Waals surface area contributed by atoms with E-state index in [2.05, 4.69) is 50.1 Å². The second-order valence-electron chi connectivity index (χ2n) is 7.62. The maximum absolute atomic E-state index is 5.62. The molecular formula is C22H39NO. The summed E-state index contributed by atoms with van der Waals surface area (Å²) in [7, 11) is 0. The van der Waals surface area contributed by atoms with Crippen LogP contribution >= 0.6 is 0 Å². The Balaban J connectivity index is 1.85. The maximum atomic E-state index is 5.62. The zero-order chi connectivity index (χ0) is 17.5. The molecular weight excluding hydrogens is 294 g/mol. The van der Waals surface area contributed by atoms with Crippen molar-refractivity contribution < 1.29 is 4.74 Å². The molecule has 1 rings (SSSR count). The lowest BCUT2D eigenvalue weighted by atomic mass is 10.1. The number of rotatable bonds is 14. The number of hydrogen-bond acceptors (Lipinski definition) is 2. The van der Waals surface area contributed by atoms with Gasteiger partial charge in [-0.05, 0) is 46.0 Å². The van der Waals surface area contributed by atoms with Crippen molar-refractivity contribution in [3.05, 3.63) is 24.3 Å². The first-order chi connectivity index (χ1) is 11.6. The Morgan fingerprint density at radius 1 is 0.875 bits per heavy atom. The molecule has 0 aromatic carbocycles. The molecule has 0 fully saturated rings. The molecule has 0 atom stereocenters. The molecule has 0 aromatic rings. The van der Waals surface area contributed by atoms with Crippen LogP contribution in [0.4, 0.5) is 0 Å². The van der Waals surface area contributed by atoms with Gasteiger partial charge >= 0.3 is 0 Å². The molecule has 0 radical (unpaired) electrons. The third-order valence-corrected chi connectivity index (χ3v) is 4.39. The Hall–Kier alpha value is -1.05. The fraction of sp³-hybridized carbons (Fsp3) is 0.773. The molecule has 0 bridgehead atoms. The van der Waals surface area contributed by atoms with Crippen LogP contribution in [-0.4, -0.2) is 18.0 Å². The lowest BCUT2D eigenvalue weighted by Gasteiger charge is -2.07. The second kappa shape index (κ2) is 13.3. The summed E-state index contributed by atoms with van der Waals surface area (Å²) in [5.74, 6) is 0.976. The Morgan fingerprint density at radius 2 is 1.46 bits per heavy atom. The van der Waals surface area contributed by atoms with Crippen LogP contribution in [-0.2, 0) is 4.74 Å². The van der Waals surface area contributed by atoms with E-state index in [1.807, 2.05) is 0 Å². The molecule has 0 saturated carbocycles. The third-order valence-electron chi connectivity index (χ3n) is 4.39. The Morgan fingerprint density at radius 3 is 2.04 bits per heavy atom. The molecule has 0 spiro atoms. The van der Waals surface area contributed by atoms with Gasteiger partial charge in [0.2, 0.25) is 0 Å². The van der Waals surface area contributed by atoms with Crippen LogP contribution in [0.5, 0.6) is 0 Å². The standard InChI is InChI=1S/C22H39NO/c1-4-5-6-7-8-9-10-11-12-13-14-15-16-17-18-19-21-23-22(2,3)20-24-21/h9-12H,4-8,13-20H2,1-3H3/b10-9+,12-11+. The van der Waals surface area contributed by atoms with Crippen LogP contribution in [0.2, 0.25) is 0 Å². The first-order valence-electron chi connectivity index (χ1n) is 10.2. The van der Waals surface area contributed by atoms with Crippen LogP contribution in [0.25, 0.3) is 0 Å². The summed E-state index contributed by atoms with van der Waals surface area (Å²) in [6, 6.07) is 0. The highest BCUT2D eigenvalue weighted by Crippen LogP contribution is 2.19. The van der Waals surface area contributed by atoms with E-state index in [4.69, 9.17) is 4.74 Å². The van der Waals surface area contributed by atoms with Gasteiger partial charge in [-0.2, -0.15) is 0 Å². The minimum Gasteiger partial charge on any atom is -0.478 e. The van der Waals surface area contributed by atoms with Gasteiger partial charge in [-0.1, -0.05) is 69.8 Å². The number of ether oxygens (including phenoxy) is 1. The Bertz CT molecular complexity index is 393. The van der Waals surface area contributed by atoms with Crippen molar-refractivity contribution in [3.63, 3.8) is 0 Å². The summed E-state index contributed by atoms with van der Waals surface area (Å²) in [6.45, 7) is 7.28. The molecule has 0 saturated heterocycles. The Labute approximate surface area is 150 Å². The van der Waals surface area contributed by atoms with Gasteiger partial charge in [-0.15, -0.1) is 0 Å². The largest absolute Gasteiger partial charge is 0.478 e. The molecule has 1 heterocycles. The van der Waals surface area contributed by atoms with Gasteiger partial charge in [0.05, 0.1) is 5.54 Å². The summed E-state index contributed by atoms with van der Waals surface area (Å²) in [6.07, 6.45) is 24.4. The van der Waals surface area contributed by atoms with Gasteiger partial charge < -0.3 is 4.74 Å². The summed E-state index contributed by atoms with van der Waals surface area (Å²) < 4.78 is 5.62. The topological polar surface area (TPSA) is 21.6 Å². The van der Waals surface area contributed by atoms with E-state index < -0.39 is 0 Å². The molecule has 1 aliphatic rings. The van der Waals surface area contributed by atoms with Gasteiger partial charge in [-0.25, -0.2) is 4.99 Å². The van der Waals surface area contributed by atoms with Gasteiger partial charge in [-0.3, -0.25) is 0 Å². The van der Waals surface area contributed by atoms with E-state index in [-0.39, 0.29) is 5.54 Å². The molecule has 0 amide bonds. The fourth-order valence-corrected chi connectivity index (χ4v) is 2.90. The highest BCUT2D eigenvalue weighted by atomic mass is 16.5. The molecule has 1 aliphatic heterocycles. The molecule has 24 heavy (non-hydrogen) atoms. The molecule has 0 unspecified atom stereocenters. The minimum absolute atomic E-state index is 0.00558. The van der Waals surface area contributed by atoms with E-state index in [1.54, 1.807) is 0 Å². The summed E-state index contributed by atoms with van der Waals surface area (Å²) >= 11 is 0. The Kier molecular flexibility index (Phi) is 11.6. The van der Waals surface area contributed by atoms with Gasteiger partial charge in [0.15, 0.2) is 5.90 Å². The average Bonchev–Trinajstić information content (AvgIpc) is 2.90. The van der Waals surface area contributed by atoms with Crippen LogP contribution < -0.4 is 0 Å². The average molecular weight is 334 g/mol. The number of aliphatic imine (C=N–C) groups is 1. The van der Waals surface area contributed by atoms with Gasteiger partial charge in [0, 0.05) is 6.42 Å². The monoisotopic (exact) mass is 333 g/mol. The van der Waals surface area contributed by atoms with Gasteiger partial charge in [0.25, 0.3) is 0 Å². The van der Waals surface area contributed by atoms with Crippen molar-refractivity contribution in [1.29, 1.82) is 0 Å². The zero-order valence-electron chi connectivity index (χ0n) is 16.4. The minimum atomic E-state index is 0.00558.